The SMILES string of the molecule is COC(CNC(=O)[C@@H](N)C(C)C)c1ccc(Cl)cc1. The summed E-state index contributed by atoms with van der Waals surface area (Å²) in [7, 11) is 1.60. The zero-order valence-electron chi connectivity index (χ0n) is 11.5. The summed E-state index contributed by atoms with van der Waals surface area (Å²) in [5, 5.41) is 3.48. The molecule has 106 valence electrons. The van der Waals surface area contributed by atoms with Crippen LogP contribution in [0.1, 0.15) is 25.5 Å². The van der Waals surface area contributed by atoms with Crippen molar-refractivity contribution in [3.63, 3.8) is 0 Å². The Balaban J connectivity index is 2.58. The average Bonchev–Trinajstić information content (AvgIpc) is 2.40. The number of nitrogens with one attached hydrogen (secondary N) is 1. The van der Waals surface area contributed by atoms with Gasteiger partial charge in [0.1, 0.15) is 0 Å². The lowest BCUT2D eigenvalue weighted by Crippen LogP contribution is -2.45. The van der Waals surface area contributed by atoms with E-state index < -0.39 is 6.04 Å². The van der Waals surface area contributed by atoms with Crippen molar-refractivity contribution >= 4 is 17.5 Å². The summed E-state index contributed by atoms with van der Waals surface area (Å²) in [5.41, 5.74) is 6.74. The molecule has 19 heavy (non-hydrogen) atoms. The van der Waals surface area contributed by atoms with Crippen molar-refractivity contribution in [3.8, 4) is 0 Å². The first kappa shape index (κ1) is 16.0. The zero-order valence-corrected chi connectivity index (χ0v) is 12.3. The van der Waals surface area contributed by atoms with Crippen LogP contribution in [0, 0.1) is 5.92 Å². The Morgan fingerprint density at radius 3 is 2.42 bits per heavy atom. The van der Waals surface area contributed by atoms with Gasteiger partial charge in [-0.25, -0.2) is 0 Å². The summed E-state index contributed by atoms with van der Waals surface area (Å²) in [6.07, 6.45) is -0.208. The number of benzene rings is 1. The minimum absolute atomic E-state index is 0.108. The molecule has 0 aliphatic heterocycles. The molecule has 0 heterocycles. The smallest absolute Gasteiger partial charge is 0.237 e. The Kier molecular flexibility index (Phi) is 6.28. The summed E-state index contributed by atoms with van der Waals surface area (Å²) < 4.78 is 5.37. The number of halogens is 1. The fourth-order valence-corrected chi connectivity index (χ4v) is 1.75. The summed E-state index contributed by atoms with van der Waals surface area (Å²) in [5.74, 6) is -0.0532. The fourth-order valence-electron chi connectivity index (χ4n) is 1.63. The second-order valence-corrected chi connectivity index (χ2v) is 5.23. The monoisotopic (exact) mass is 284 g/mol. The molecule has 1 aromatic carbocycles. The van der Waals surface area contributed by atoms with Crippen molar-refractivity contribution in [1.29, 1.82) is 0 Å². The molecule has 1 rings (SSSR count). The molecule has 0 saturated carbocycles. The van der Waals surface area contributed by atoms with Crippen molar-refractivity contribution in [3.05, 3.63) is 34.9 Å². The minimum Gasteiger partial charge on any atom is -0.375 e. The van der Waals surface area contributed by atoms with Crippen molar-refractivity contribution in [1.82, 2.24) is 5.32 Å². The van der Waals surface area contributed by atoms with Crippen LogP contribution in [0.2, 0.25) is 5.02 Å². The lowest BCUT2D eigenvalue weighted by atomic mass is 10.0. The maximum atomic E-state index is 11.8. The van der Waals surface area contributed by atoms with E-state index in [0.717, 1.165) is 5.56 Å². The second-order valence-electron chi connectivity index (χ2n) is 4.79. The van der Waals surface area contributed by atoms with Gasteiger partial charge in [0.2, 0.25) is 5.91 Å². The quantitative estimate of drug-likeness (QED) is 0.841. The van der Waals surface area contributed by atoms with Crippen molar-refractivity contribution < 1.29 is 9.53 Å². The molecule has 2 atom stereocenters. The third-order valence-electron chi connectivity index (χ3n) is 3.01. The van der Waals surface area contributed by atoms with E-state index in [2.05, 4.69) is 5.32 Å². The van der Waals surface area contributed by atoms with Gasteiger partial charge in [0, 0.05) is 18.7 Å². The number of hydrogen-bond donors (Lipinski definition) is 2. The van der Waals surface area contributed by atoms with Crippen LogP contribution in [-0.4, -0.2) is 25.6 Å². The number of carbonyl (C=O) groups is 1. The Morgan fingerprint density at radius 2 is 1.95 bits per heavy atom. The van der Waals surface area contributed by atoms with Crippen LogP contribution in [0.3, 0.4) is 0 Å². The van der Waals surface area contributed by atoms with Crippen molar-refractivity contribution in [2.45, 2.75) is 26.0 Å². The first-order valence-corrected chi connectivity index (χ1v) is 6.65. The summed E-state index contributed by atoms with van der Waals surface area (Å²) in [6, 6.07) is 6.85. The van der Waals surface area contributed by atoms with E-state index in [1.165, 1.54) is 0 Å². The van der Waals surface area contributed by atoms with E-state index in [4.69, 9.17) is 22.1 Å². The van der Waals surface area contributed by atoms with Gasteiger partial charge in [-0.1, -0.05) is 37.6 Å². The molecule has 1 aromatic rings. The van der Waals surface area contributed by atoms with E-state index in [9.17, 15) is 4.79 Å². The molecule has 3 N–H and O–H groups in total. The fraction of sp³-hybridized carbons (Fsp3) is 0.500. The minimum atomic E-state index is -0.497. The van der Waals surface area contributed by atoms with Gasteiger partial charge in [-0.2, -0.15) is 0 Å². The molecular formula is C14H21ClN2O2. The van der Waals surface area contributed by atoms with Crippen LogP contribution in [0.4, 0.5) is 0 Å². The third-order valence-corrected chi connectivity index (χ3v) is 3.26. The van der Waals surface area contributed by atoms with E-state index in [-0.39, 0.29) is 17.9 Å². The molecule has 1 amide bonds. The number of rotatable bonds is 6. The highest BCUT2D eigenvalue weighted by Crippen LogP contribution is 2.18. The van der Waals surface area contributed by atoms with Crippen LogP contribution in [-0.2, 0) is 9.53 Å². The Hall–Kier alpha value is -1.10. The number of amides is 1. The van der Waals surface area contributed by atoms with Gasteiger partial charge in [0.05, 0.1) is 12.1 Å². The first-order valence-electron chi connectivity index (χ1n) is 6.27. The Morgan fingerprint density at radius 1 is 1.37 bits per heavy atom. The topological polar surface area (TPSA) is 64.3 Å². The number of carbonyl (C=O) groups excluding carboxylic acids is 1. The molecule has 5 heteroatoms. The second kappa shape index (κ2) is 7.48. The highest BCUT2D eigenvalue weighted by atomic mass is 35.5. The van der Waals surface area contributed by atoms with E-state index in [1.54, 1.807) is 19.2 Å². The van der Waals surface area contributed by atoms with Gasteiger partial charge in [0.15, 0.2) is 0 Å². The molecule has 0 radical (unpaired) electrons. The van der Waals surface area contributed by atoms with Crippen molar-refractivity contribution in [2.75, 3.05) is 13.7 Å². The third kappa shape index (κ3) is 4.82. The highest BCUT2D eigenvalue weighted by Gasteiger charge is 2.19. The summed E-state index contributed by atoms with van der Waals surface area (Å²) in [6.45, 7) is 4.21. The zero-order chi connectivity index (χ0) is 14.4. The molecule has 0 saturated heterocycles. The predicted molar refractivity (Wildman–Crippen MR) is 77.0 cm³/mol. The molecule has 0 aliphatic carbocycles. The predicted octanol–water partition coefficient (Wildman–Crippen LogP) is 2.13. The van der Waals surface area contributed by atoms with Gasteiger partial charge in [0.25, 0.3) is 0 Å². The molecular weight excluding hydrogens is 264 g/mol. The number of nitrogens with two attached hydrogens (primary N) is 1. The molecule has 0 fully saturated rings. The molecule has 0 aromatic heterocycles. The summed E-state index contributed by atoms with van der Waals surface area (Å²) >= 11 is 5.84. The molecule has 1 unspecified atom stereocenters. The molecule has 0 bridgehead atoms. The van der Waals surface area contributed by atoms with Gasteiger partial charge >= 0.3 is 0 Å². The average molecular weight is 285 g/mol. The van der Waals surface area contributed by atoms with Crippen LogP contribution in [0.5, 0.6) is 0 Å². The van der Waals surface area contributed by atoms with Crippen LogP contribution in [0.25, 0.3) is 0 Å². The van der Waals surface area contributed by atoms with Gasteiger partial charge in [-0.05, 0) is 23.6 Å². The van der Waals surface area contributed by atoms with E-state index in [1.807, 2.05) is 26.0 Å². The lowest BCUT2D eigenvalue weighted by molar-refractivity contribution is -0.123. The van der Waals surface area contributed by atoms with Gasteiger partial charge in [-0.15, -0.1) is 0 Å². The Labute approximate surface area is 119 Å². The molecule has 4 nitrogen and oxygen atoms in total. The number of methoxy groups -OCH3 is 1. The van der Waals surface area contributed by atoms with Gasteiger partial charge < -0.3 is 15.8 Å². The lowest BCUT2D eigenvalue weighted by Gasteiger charge is -2.20. The highest BCUT2D eigenvalue weighted by molar-refractivity contribution is 6.30. The van der Waals surface area contributed by atoms with E-state index in [0.29, 0.717) is 11.6 Å². The maximum Gasteiger partial charge on any atom is 0.237 e. The largest absolute Gasteiger partial charge is 0.375 e. The standard InChI is InChI=1S/C14H21ClN2O2/c1-9(2)13(16)14(18)17-8-12(19-3)10-4-6-11(15)7-5-10/h4-7,9,12-13H,8,16H2,1-3H3,(H,17,18)/t12?,13-/m0/s1. The molecule has 0 aliphatic rings. The van der Waals surface area contributed by atoms with Crippen LogP contribution >= 0.6 is 11.6 Å². The number of hydrogen-bond acceptors (Lipinski definition) is 3. The summed E-state index contributed by atoms with van der Waals surface area (Å²) in [4.78, 5) is 11.8. The molecule has 0 spiro atoms. The maximum absolute atomic E-state index is 11.8. The first-order chi connectivity index (χ1) is 8.95. The Bertz CT molecular complexity index is 406. The normalized spacial score (nSPS) is 14.2. The van der Waals surface area contributed by atoms with Crippen LogP contribution in [0.15, 0.2) is 24.3 Å². The van der Waals surface area contributed by atoms with E-state index >= 15 is 0 Å². The van der Waals surface area contributed by atoms with Crippen LogP contribution < -0.4 is 11.1 Å². The number of ether oxygens (including phenoxy) is 1. The van der Waals surface area contributed by atoms with Crippen molar-refractivity contribution in [2.24, 2.45) is 11.7 Å². The van der Waals surface area contributed by atoms with Gasteiger partial charge in [-0.3, -0.25) is 4.79 Å².